The molecule has 2 aromatic rings. The highest BCUT2D eigenvalue weighted by Gasteiger charge is 2.34. The zero-order valence-corrected chi connectivity index (χ0v) is 11.2. The molecule has 1 unspecified atom stereocenters. The normalized spacial score (nSPS) is 17.9. The molecule has 1 atom stereocenters. The molecule has 0 radical (unpaired) electrons. The number of furan rings is 1. The molecule has 6 heteroatoms. The zero-order valence-electron chi connectivity index (χ0n) is 11.2. The van der Waals surface area contributed by atoms with Gasteiger partial charge in [0.1, 0.15) is 0 Å². The summed E-state index contributed by atoms with van der Waals surface area (Å²) in [5.74, 6) is 0.480. The molecule has 3 heterocycles. The van der Waals surface area contributed by atoms with Crippen molar-refractivity contribution in [2.24, 2.45) is 11.8 Å². The minimum absolute atomic E-state index is 0.226. The molecule has 3 rings (SSSR count). The average Bonchev–Trinajstić information content (AvgIpc) is 3.02. The Labute approximate surface area is 116 Å². The first kappa shape index (κ1) is 12.9. The van der Waals surface area contributed by atoms with Gasteiger partial charge in [-0.05, 0) is 18.1 Å². The summed E-state index contributed by atoms with van der Waals surface area (Å²) in [7, 11) is 0. The summed E-state index contributed by atoms with van der Waals surface area (Å²) in [6.07, 6.45) is 1.59. The van der Waals surface area contributed by atoms with Gasteiger partial charge in [0.05, 0.1) is 17.9 Å². The highest BCUT2D eigenvalue weighted by molar-refractivity contribution is 5.70. The maximum absolute atomic E-state index is 10.9. The van der Waals surface area contributed by atoms with Gasteiger partial charge in [0.25, 0.3) is 0 Å². The van der Waals surface area contributed by atoms with E-state index in [1.54, 1.807) is 19.3 Å². The summed E-state index contributed by atoms with van der Waals surface area (Å²) >= 11 is 0. The van der Waals surface area contributed by atoms with Crippen LogP contribution < -0.4 is 0 Å². The van der Waals surface area contributed by atoms with Crippen LogP contribution >= 0.6 is 0 Å². The summed E-state index contributed by atoms with van der Waals surface area (Å²) in [4.78, 5) is 13.0. The molecule has 0 aromatic carbocycles. The monoisotopic (exact) mass is 276 g/mol. The minimum Gasteiger partial charge on any atom is -0.481 e. The van der Waals surface area contributed by atoms with Crippen molar-refractivity contribution in [1.82, 2.24) is 10.1 Å². The van der Waals surface area contributed by atoms with Crippen molar-refractivity contribution in [3.63, 3.8) is 0 Å². The summed E-state index contributed by atoms with van der Waals surface area (Å²) in [5, 5.41) is 13.0. The van der Waals surface area contributed by atoms with Crippen LogP contribution in [-0.4, -0.2) is 34.2 Å². The van der Waals surface area contributed by atoms with E-state index in [2.05, 4.69) is 10.1 Å². The van der Waals surface area contributed by atoms with Gasteiger partial charge in [-0.25, -0.2) is 0 Å². The first-order valence-corrected chi connectivity index (χ1v) is 6.58. The molecule has 1 aliphatic rings. The lowest BCUT2D eigenvalue weighted by atomic mass is 9.87. The number of hydrogen-bond donors (Lipinski definition) is 1. The number of aliphatic carboxylic acids is 1. The van der Waals surface area contributed by atoms with Gasteiger partial charge >= 0.3 is 5.97 Å². The number of aromatic nitrogens is 1. The summed E-state index contributed by atoms with van der Waals surface area (Å²) < 4.78 is 10.5. The largest absolute Gasteiger partial charge is 0.481 e. The fourth-order valence-electron chi connectivity index (χ4n) is 2.41. The highest BCUT2D eigenvalue weighted by Crippen LogP contribution is 2.27. The lowest BCUT2D eigenvalue weighted by Gasteiger charge is -2.40. The summed E-state index contributed by atoms with van der Waals surface area (Å²) in [5.41, 5.74) is 0.831. The molecule has 1 saturated heterocycles. The molecular formula is C14H16N2O4. The SMILES string of the molecule is CC(C(=O)O)C1CN(Cc2cc(-c3ccco3)on2)C1. The standard InChI is InChI=1S/C14H16N2O4/c1-9(14(17)18)10-6-16(7-10)8-11-5-13(20-15-11)12-3-2-4-19-12/h2-5,9-10H,6-8H2,1H3,(H,17,18). The smallest absolute Gasteiger partial charge is 0.306 e. The maximum atomic E-state index is 10.9. The van der Waals surface area contributed by atoms with Crippen molar-refractivity contribution in [2.45, 2.75) is 13.5 Å². The Hall–Kier alpha value is -2.08. The number of carboxylic acids is 1. The van der Waals surface area contributed by atoms with E-state index in [0.29, 0.717) is 18.1 Å². The lowest BCUT2D eigenvalue weighted by Crippen LogP contribution is -2.50. The van der Waals surface area contributed by atoms with Crippen LogP contribution in [0.5, 0.6) is 0 Å². The van der Waals surface area contributed by atoms with E-state index in [-0.39, 0.29) is 11.8 Å². The van der Waals surface area contributed by atoms with E-state index in [0.717, 1.165) is 18.8 Å². The van der Waals surface area contributed by atoms with E-state index in [4.69, 9.17) is 14.0 Å². The van der Waals surface area contributed by atoms with Gasteiger partial charge in [-0.15, -0.1) is 0 Å². The third-order valence-corrected chi connectivity index (χ3v) is 3.79. The van der Waals surface area contributed by atoms with Crippen LogP contribution in [0.3, 0.4) is 0 Å². The number of carbonyl (C=O) groups is 1. The first-order chi connectivity index (χ1) is 9.63. The van der Waals surface area contributed by atoms with Crippen LogP contribution in [0.15, 0.2) is 33.4 Å². The third kappa shape index (κ3) is 2.46. The third-order valence-electron chi connectivity index (χ3n) is 3.79. The fourth-order valence-corrected chi connectivity index (χ4v) is 2.41. The number of likely N-dealkylation sites (tertiary alicyclic amines) is 1. The zero-order chi connectivity index (χ0) is 14.1. The van der Waals surface area contributed by atoms with Crippen molar-refractivity contribution in [3.05, 3.63) is 30.2 Å². The van der Waals surface area contributed by atoms with Gasteiger partial charge in [-0.2, -0.15) is 0 Å². The van der Waals surface area contributed by atoms with Gasteiger partial charge in [0.2, 0.25) is 5.76 Å². The second-order valence-corrected chi connectivity index (χ2v) is 5.24. The van der Waals surface area contributed by atoms with E-state index >= 15 is 0 Å². The van der Waals surface area contributed by atoms with Crippen LogP contribution in [0, 0.1) is 11.8 Å². The Morgan fingerprint density at radius 1 is 1.55 bits per heavy atom. The van der Waals surface area contributed by atoms with E-state index < -0.39 is 5.97 Å². The molecule has 0 spiro atoms. The minimum atomic E-state index is -0.726. The number of carboxylic acid groups (broad SMARTS) is 1. The second kappa shape index (κ2) is 5.13. The molecule has 0 amide bonds. The Kier molecular flexibility index (Phi) is 3.31. The predicted molar refractivity (Wildman–Crippen MR) is 69.8 cm³/mol. The quantitative estimate of drug-likeness (QED) is 0.900. The topological polar surface area (TPSA) is 79.7 Å². The molecule has 1 aliphatic heterocycles. The van der Waals surface area contributed by atoms with Crippen molar-refractivity contribution in [2.75, 3.05) is 13.1 Å². The van der Waals surface area contributed by atoms with Gasteiger partial charge in [-0.3, -0.25) is 9.69 Å². The van der Waals surface area contributed by atoms with Crippen LogP contribution in [0.2, 0.25) is 0 Å². The van der Waals surface area contributed by atoms with Crippen molar-refractivity contribution < 1.29 is 18.8 Å². The van der Waals surface area contributed by atoms with E-state index in [1.807, 2.05) is 12.1 Å². The van der Waals surface area contributed by atoms with E-state index in [1.165, 1.54) is 0 Å². The van der Waals surface area contributed by atoms with E-state index in [9.17, 15) is 4.79 Å². The fraction of sp³-hybridized carbons (Fsp3) is 0.429. The Bertz CT molecular complexity index is 584. The van der Waals surface area contributed by atoms with Crippen LogP contribution in [0.4, 0.5) is 0 Å². The van der Waals surface area contributed by atoms with Gasteiger partial charge in [0.15, 0.2) is 5.76 Å². The van der Waals surface area contributed by atoms with Gasteiger partial charge in [0, 0.05) is 25.7 Å². The molecule has 0 bridgehead atoms. The maximum Gasteiger partial charge on any atom is 0.306 e. The van der Waals surface area contributed by atoms with Crippen molar-refractivity contribution in [1.29, 1.82) is 0 Å². The molecule has 1 N–H and O–H groups in total. The molecule has 0 saturated carbocycles. The Morgan fingerprint density at radius 2 is 2.35 bits per heavy atom. The molecular weight excluding hydrogens is 260 g/mol. The number of rotatable bonds is 5. The van der Waals surface area contributed by atoms with Gasteiger partial charge < -0.3 is 14.0 Å². The molecule has 1 fully saturated rings. The average molecular weight is 276 g/mol. The molecule has 0 aliphatic carbocycles. The van der Waals surface area contributed by atoms with Crippen molar-refractivity contribution >= 4 is 5.97 Å². The van der Waals surface area contributed by atoms with Crippen LogP contribution in [0.25, 0.3) is 11.5 Å². The van der Waals surface area contributed by atoms with Gasteiger partial charge in [-0.1, -0.05) is 12.1 Å². The highest BCUT2D eigenvalue weighted by atomic mass is 16.5. The predicted octanol–water partition coefficient (Wildman–Crippen LogP) is 2.09. The first-order valence-electron chi connectivity index (χ1n) is 6.58. The second-order valence-electron chi connectivity index (χ2n) is 5.24. The molecule has 106 valence electrons. The molecule has 2 aromatic heterocycles. The lowest BCUT2D eigenvalue weighted by molar-refractivity contribution is -0.145. The molecule has 6 nitrogen and oxygen atoms in total. The summed E-state index contributed by atoms with van der Waals surface area (Å²) in [6, 6.07) is 5.47. The van der Waals surface area contributed by atoms with Crippen LogP contribution in [-0.2, 0) is 11.3 Å². The molecule has 20 heavy (non-hydrogen) atoms. The Morgan fingerprint density at radius 3 is 3.00 bits per heavy atom. The van der Waals surface area contributed by atoms with Crippen LogP contribution in [0.1, 0.15) is 12.6 Å². The Balaban J connectivity index is 1.55. The number of hydrogen-bond acceptors (Lipinski definition) is 5. The summed E-state index contributed by atoms with van der Waals surface area (Å²) in [6.45, 7) is 4.01. The van der Waals surface area contributed by atoms with Crippen molar-refractivity contribution in [3.8, 4) is 11.5 Å². The number of nitrogens with zero attached hydrogens (tertiary/aromatic N) is 2.